The van der Waals surface area contributed by atoms with Gasteiger partial charge in [0, 0.05) is 21.3 Å². The second-order valence-corrected chi connectivity index (χ2v) is 5.86. The summed E-state index contributed by atoms with van der Waals surface area (Å²) < 4.78 is 5.89. The standard InChI is InChI=1S/C11H14BrNO2S/c1-15-11(14)10(7-2-3-7)13-5-9-4-8(12)6-16-9/h4,6-7,10,13H,2-3,5H2,1H3. The van der Waals surface area contributed by atoms with Gasteiger partial charge in [-0.15, -0.1) is 11.3 Å². The smallest absolute Gasteiger partial charge is 0.323 e. The van der Waals surface area contributed by atoms with Gasteiger partial charge in [0.15, 0.2) is 0 Å². The van der Waals surface area contributed by atoms with Crippen molar-refractivity contribution in [3.8, 4) is 0 Å². The summed E-state index contributed by atoms with van der Waals surface area (Å²) >= 11 is 5.10. The van der Waals surface area contributed by atoms with Gasteiger partial charge in [0.2, 0.25) is 0 Å². The van der Waals surface area contributed by atoms with Crippen LogP contribution >= 0.6 is 27.3 Å². The average Bonchev–Trinajstić information content (AvgIpc) is 3.02. The Hall–Kier alpha value is -0.390. The van der Waals surface area contributed by atoms with Crippen LogP contribution in [0.25, 0.3) is 0 Å². The van der Waals surface area contributed by atoms with Crippen molar-refractivity contribution in [2.45, 2.75) is 25.4 Å². The number of carbonyl (C=O) groups is 1. The van der Waals surface area contributed by atoms with Gasteiger partial charge in [-0.2, -0.15) is 0 Å². The SMILES string of the molecule is COC(=O)C(NCc1cc(Br)cs1)C1CC1. The van der Waals surface area contributed by atoms with Gasteiger partial charge in [0.25, 0.3) is 0 Å². The second kappa shape index (κ2) is 5.29. The molecule has 0 aliphatic heterocycles. The molecule has 2 rings (SSSR count). The molecule has 1 fully saturated rings. The molecule has 0 amide bonds. The van der Waals surface area contributed by atoms with Crippen molar-refractivity contribution >= 4 is 33.2 Å². The first kappa shape index (κ1) is 12.1. The highest BCUT2D eigenvalue weighted by molar-refractivity contribution is 9.10. The third-order valence-electron chi connectivity index (χ3n) is 2.67. The number of ether oxygens (including phenoxy) is 1. The third kappa shape index (κ3) is 3.06. The number of rotatable bonds is 5. The lowest BCUT2D eigenvalue weighted by molar-refractivity contribution is -0.143. The van der Waals surface area contributed by atoms with Gasteiger partial charge in [-0.1, -0.05) is 0 Å². The lowest BCUT2D eigenvalue weighted by Gasteiger charge is -2.14. The molecule has 1 aromatic rings. The molecule has 5 heteroatoms. The Morgan fingerprint density at radius 1 is 1.75 bits per heavy atom. The number of esters is 1. The number of nitrogens with one attached hydrogen (secondary N) is 1. The van der Waals surface area contributed by atoms with E-state index in [2.05, 4.69) is 27.3 Å². The van der Waals surface area contributed by atoms with Crippen LogP contribution in [0.5, 0.6) is 0 Å². The zero-order chi connectivity index (χ0) is 11.5. The molecule has 88 valence electrons. The Morgan fingerprint density at radius 3 is 3.00 bits per heavy atom. The Kier molecular flexibility index (Phi) is 4.00. The second-order valence-electron chi connectivity index (χ2n) is 3.95. The molecule has 1 unspecified atom stereocenters. The van der Waals surface area contributed by atoms with Crippen LogP contribution in [0.1, 0.15) is 17.7 Å². The number of hydrogen-bond donors (Lipinski definition) is 1. The maximum atomic E-state index is 11.5. The maximum Gasteiger partial charge on any atom is 0.323 e. The molecule has 3 nitrogen and oxygen atoms in total. The lowest BCUT2D eigenvalue weighted by Crippen LogP contribution is -2.38. The van der Waals surface area contributed by atoms with E-state index >= 15 is 0 Å². The summed E-state index contributed by atoms with van der Waals surface area (Å²) in [4.78, 5) is 12.8. The molecule has 1 heterocycles. The first-order valence-electron chi connectivity index (χ1n) is 5.25. The summed E-state index contributed by atoms with van der Waals surface area (Å²) in [7, 11) is 1.45. The molecule has 16 heavy (non-hydrogen) atoms. The Bertz CT molecular complexity index is 376. The normalized spacial score (nSPS) is 17.1. The Balaban J connectivity index is 1.88. The lowest BCUT2D eigenvalue weighted by atomic mass is 10.2. The zero-order valence-electron chi connectivity index (χ0n) is 9.03. The van der Waals surface area contributed by atoms with Crippen LogP contribution in [0.3, 0.4) is 0 Å². The van der Waals surface area contributed by atoms with E-state index in [1.807, 2.05) is 5.38 Å². The van der Waals surface area contributed by atoms with E-state index in [0.29, 0.717) is 5.92 Å². The minimum Gasteiger partial charge on any atom is -0.468 e. The number of halogens is 1. The minimum absolute atomic E-state index is 0.133. The predicted octanol–water partition coefficient (Wildman–Crippen LogP) is 2.55. The van der Waals surface area contributed by atoms with Gasteiger partial charge in [0.05, 0.1) is 7.11 Å². The van der Waals surface area contributed by atoms with Crippen molar-refractivity contribution in [2.24, 2.45) is 5.92 Å². The summed E-state index contributed by atoms with van der Waals surface area (Å²) in [6, 6.07) is 1.93. The van der Waals surface area contributed by atoms with Gasteiger partial charge >= 0.3 is 5.97 Å². The highest BCUT2D eigenvalue weighted by atomic mass is 79.9. The van der Waals surface area contributed by atoms with E-state index < -0.39 is 0 Å². The summed E-state index contributed by atoms with van der Waals surface area (Å²) in [5.41, 5.74) is 0. The molecular formula is C11H14BrNO2S. The van der Waals surface area contributed by atoms with Gasteiger partial charge in [-0.05, 0) is 40.8 Å². The van der Waals surface area contributed by atoms with Crippen molar-refractivity contribution in [1.29, 1.82) is 0 Å². The molecule has 0 bridgehead atoms. The van der Waals surface area contributed by atoms with Gasteiger partial charge < -0.3 is 4.74 Å². The van der Waals surface area contributed by atoms with Crippen molar-refractivity contribution in [3.63, 3.8) is 0 Å². The molecule has 1 aliphatic rings. The van der Waals surface area contributed by atoms with Crippen molar-refractivity contribution < 1.29 is 9.53 Å². The minimum atomic E-state index is -0.141. The summed E-state index contributed by atoms with van der Waals surface area (Å²) in [6.45, 7) is 0.729. The van der Waals surface area contributed by atoms with E-state index in [-0.39, 0.29) is 12.0 Å². The summed E-state index contributed by atoms with van der Waals surface area (Å²) in [5.74, 6) is 0.328. The number of thiophene rings is 1. The molecule has 1 atom stereocenters. The van der Waals surface area contributed by atoms with E-state index in [1.165, 1.54) is 12.0 Å². The van der Waals surface area contributed by atoms with Crippen molar-refractivity contribution in [1.82, 2.24) is 5.32 Å². The molecule has 1 aliphatic carbocycles. The van der Waals surface area contributed by atoms with Crippen LogP contribution < -0.4 is 5.32 Å². The Labute approximate surface area is 107 Å². The first-order chi connectivity index (χ1) is 7.70. The zero-order valence-corrected chi connectivity index (χ0v) is 11.4. The topological polar surface area (TPSA) is 38.3 Å². The van der Waals surface area contributed by atoms with Crippen LogP contribution in [0.4, 0.5) is 0 Å². The predicted molar refractivity (Wildman–Crippen MR) is 67.4 cm³/mol. The van der Waals surface area contributed by atoms with Gasteiger partial charge in [0.1, 0.15) is 6.04 Å². The first-order valence-corrected chi connectivity index (χ1v) is 6.92. The van der Waals surface area contributed by atoms with Crippen LogP contribution in [0, 0.1) is 5.92 Å². The van der Waals surface area contributed by atoms with Gasteiger partial charge in [-0.25, -0.2) is 0 Å². The molecular weight excluding hydrogens is 290 g/mol. The van der Waals surface area contributed by atoms with Gasteiger partial charge in [-0.3, -0.25) is 10.1 Å². The number of carbonyl (C=O) groups excluding carboxylic acids is 1. The maximum absolute atomic E-state index is 11.5. The van der Waals surface area contributed by atoms with Crippen LogP contribution in [0.15, 0.2) is 15.9 Å². The number of methoxy groups -OCH3 is 1. The molecule has 0 aromatic carbocycles. The Morgan fingerprint density at radius 2 is 2.50 bits per heavy atom. The highest BCUT2D eigenvalue weighted by Gasteiger charge is 2.36. The fraction of sp³-hybridized carbons (Fsp3) is 0.545. The molecule has 0 spiro atoms. The molecule has 0 radical (unpaired) electrons. The summed E-state index contributed by atoms with van der Waals surface area (Å²) in [6.07, 6.45) is 2.25. The number of hydrogen-bond acceptors (Lipinski definition) is 4. The average molecular weight is 304 g/mol. The van der Waals surface area contributed by atoms with E-state index in [9.17, 15) is 4.79 Å². The molecule has 1 aromatic heterocycles. The van der Waals surface area contributed by atoms with Crippen molar-refractivity contribution in [2.75, 3.05) is 7.11 Å². The van der Waals surface area contributed by atoms with Crippen LogP contribution in [0.2, 0.25) is 0 Å². The fourth-order valence-corrected chi connectivity index (χ4v) is 3.06. The van der Waals surface area contributed by atoms with Crippen molar-refractivity contribution in [3.05, 3.63) is 20.8 Å². The molecule has 1 N–H and O–H groups in total. The van der Waals surface area contributed by atoms with E-state index in [4.69, 9.17) is 4.74 Å². The summed E-state index contributed by atoms with van der Waals surface area (Å²) in [5, 5.41) is 5.32. The van der Waals surface area contributed by atoms with Crippen LogP contribution in [-0.2, 0) is 16.1 Å². The fourth-order valence-electron chi connectivity index (χ4n) is 1.66. The highest BCUT2D eigenvalue weighted by Crippen LogP contribution is 2.33. The van der Waals surface area contributed by atoms with E-state index in [1.54, 1.807) is 11.3 Å². The molecule has 1 saturated carbocycles. The quantitative estimate of drug-likeness (QED) is 0.850. The largest absolute Gasteiger partial charge is 0.468 e. The van der Waals surface area contributed by atoms with Crippen LogP contribution in [-0.4, -0.2) is 19.1 Å². The monoisotopic (exact) mass is 303 g/mol. The third-order valence-corrected chi connectivity index (χ3v) is 4.36. The van der Waals surface area contributed by atoms with E-state index in [0.717, 1.165) is 23.9 Å². The molecule has 0 saturated heterocycles.